The number of esters is 1. The van der Waals surface area contributed by atoms with Gasteiger partial charge in [-0.15, -0.1) is 0 Å². The van der Waals surface area contributed by atoms with Crippen molar-refractivity contribution in [1.82, 2.24) is 4.98 Å². The molecule has 0 unspecified atom stereocenters. The number of methoxy groups -OCH3 is 1. The predicted molar refractivity (Wildman–Crippen MR) is 66.3 cm³/mol. The van der Waals surface area contributed by atoms with Crippen LogP contribution in [0.25, 0.3) is 0 Å². The molecule has 106 valence electrons. The molecule has 0 radical (unpaired) electrons. The number of oxazole rings is 1. The first-order chi connectivity index (χ1) is 9.52. The van der Waals surface area contributed by atoms with E-state index < -0.39 is 23.2 Å². The van der Waals surface area contributed by atoms with Crippen molar-refractivity contribution in [2.45, 2.75) is 13.5 Å². The first kappa shape index (κ1) is 14.0. The van der Waals surface area contributed by atoms with Crippen LogP contribution in [-0.2, 0) is 11.3 Å². The van der Waals surface area contributed by atoms with E-state index in [9.17, 15) is 13.6 Å². The van der Waals surface area contributed by atoms with E-state index in [-0.39, 0.29) is 12.2 Å². The summed E-state index contributed by atoms with van der Waals surface area (Å²) >= 11 is 0. The molecule has 1 N–H and O–H groups in total. The summed E-state index contributed by atoms with van der Waals surface area (Å²) in [5, 5.41) is 2.64. The van der Waals surface area contributed by atoms with Crippen LogP contribution in [0.4, 0.5) is 14.5 Å². The molecule has 0 saturated carbocycles. The number of nitrogens with zero attached hydrogens (tertiary/aromatic N) is 1. The van der Waals surface area contributed by atoms with Crippen molar-refractivity contribution in [2.75, 3.05) is 12.4 Å². The number of carbonyl (C=O) groups is 1. The second-order valence-corrected chi connectivity index (χ2v) is 4.00. The number of aryl methyl sites for hydroxylation is 1. The Kier molecular flexibility index (Phi) is 3.97. The fraction of sp³-hybridized carbons (Fsp3) is 0.231. The van der Waals surface area contributed by atoms with Gasteiger partial charge in [0, 0.05) is 0 Å². The van der Waals surface area contributed by atoms with Gasteiger partial charge in [0.1, 0.15) is 5.76 Å². The van der Waals surface area contributed by atoms with Crippen molar-refractivity contribution in [3.8, 4) is 0 Å². The average Bonchev–Trinajstić information content (AvgIpc) is 2.85. The van der Waals surface area contributed by atoms with Gasteiger partial charge in [-0.25, -0.2) is 18.6 Å². The second-order valence-electron chi connectivity index (χ2n) is 4.00. The Balaban J connectivity index is 2.17. The van der Waals surface area contributed by atoms with Crippen LogP contribution in [0.5, 0.6) is 0 Å². The van der Waals surface area contributed by atoms with Crippen LogP contribution in [0.1, 0.15) is 22.0 Å². The van der Waals surface area contributed by atoms with Gasteiger partial charge in [-0.3, -0.25) is 0 Å². The number of hydrogen-bond acceptors (Lipinski definition) is 5. The molecular weight excluding hydrogens is 270 g/mol. The van der Waals surface area contributed by atoms with Gasteiger partial charge in [-0.2, -0.15) is 0 Å². The van der Waals surface area contributed by atoms with E-state index in [0.29, 0.717) is 11.7 Å². The lowest BCUT2D eigenvalue weighted by Crippen LogP contribution is -2.09. The monoisotopic (exact) mass is 282 g/mol. The fourth-order valence-corrected chi connectivity index (χ4v) is 1.61. The van der Waals surface area contributed by atoms with Crippen LogP contribution in [0, 0.1) is 18.6 Å². The fourth-order valence-electron chi connectivity index (χ4n) is 1.61. The Hall–Kier alpha value is -2.44. The standard InChI is InChI=1S/C13H12F2N2O3/c1-7-5-17-10(20-7)6-16-9-4-3-8(13(18)19-2)11(14)12(9)15/h3-5,16H,6H2,1-2H3. The third-order valence-electron chi connectivity index (χ3n) is 2.59. The molecule has 1 aromatic carbocycles. The number of halogens is 2. The number of ether oxygens (including phenoxy) is 1. The molecule has 0 saturated heterocycles. The maximum absolute atomic E-state index is 13.8. The van der Waals surface area contributed by atoms with Crippen molar-refractivity contribution in [2.24, 2.45) is 0 Å². The van der Waals surface area contributed by atoms with Gasteiger partial charge in [-0.1, -0.05) is 0 Å². The highest BCUT2D eigenvalue weighted by molar-refractivity contribution is 5.90. The highest BCUT2D eigenvalue weighted by atomic mass is 19.2. The first-order valence-corrected chi connectivity index (χ1v) is 5.74. The Morgan fingerprint density at radius 2 is 2.15 bits per heavy atom. The minimum absolute atomic E-state index is 0.0917. The molecule has 2 aromatic rings. The summed E-state index contributed by atoms with van der Waals surface area (Å²) < 4.78 is 37.0. The molecular formula is C13H12F2N2O3. The zero-order valence-corrected chi connectivity index (χ0v) is 10.9. The minimum Gasteiger partial charge on any atom is -0.465 e. The number of hydrogen-bond donors (Lipinski definition) is 1. The number of nitrogens with one attached hydrogen (secondary N) is 1. The van der Waals surface area contributed by atoms with Gasteiger partial charge in [-0.05, 0) is 19.1 Å². The van der Waals surface area contributed by atoms with E-state index in [1.54, 1.807) is 6.92 Å². The number of carbonyl (C=O) groups excluding carboxylic acids is 1. The van der Waals surface area contributed by atoms with Gasteiger partial charge in [0.2, 0.25) is 5.89 Å². The van der Waals surface area contributed by atoms with Gasteiger partial charge in [0.05, 0.1) is 31.1 Å². The van der Waals surface area contributed by atoms with Crippen LogP contribution in [0.3, 0.4) is 0 Å². The molecule has 20 heavy (non-hydrogen) atoms. The Labute approximate surface area is 113 Å². The lowest BCUT2D eigenvalue weighted by atomic mass is 10.2. The third kappa shape index (κ3) is 2.76. The summed E-state index contributed by atoms with van der Waals surface area (Å²) in [6, 6.07) is 2.40. The van der Waals surface area contributed by atoms with Crippen molar-refractivity contribution >= 4 is 11.7 Å². The molecule has 0 spiro atoms. The highest BCUT2D eigenvalue weighted by Crippen LogP contribution is 2.21. The molecule has 0 atom stereocenters. The molecule has 0 fully saturated rings. The van der Waals surface area contributed by atoms with E-state index in [1.807, 2.05) is 0 Å². The third-order valence-corrected chi connectivity index (χ3v) is 2.59. The Bertz CT molecular complexity index is 641. The maximum Gasteiger partial charge on any atom is 0.340 e. The van der Waals surface area contributed by atoms with E-state index in [1.165, 1.54) is 12.3 Å². The maximum atomic E-state index is 13.8. The topological polar surface area (TPSA) is 64.4 Å². The largest absolute Gasteiger partial charge is 0.465 e. The number of benzene rings is 1. The molecule has 7 heteroatoms. The summed E-state index contributed by atoms with van der Waals surface area (Å²) in [6.07, 6.45) is 1.52. The average molecular weight is 282 g/mol. The molecule has 2 rings (SSSR count). The molecule has 1 aromatic heterocycles. The quantitative estimate of drug-likeness (QED) is 0.873. The van der Waals surface area contributed by atoms with Crippen LogP contribution in [0.2, 0.25) is 0 Å². The Morgan fingerprint density at radius 1 is 1.40 bits per heavy atom. The normalized spacial score (nSPS) is 10.4. The van der Waals surface area contributed by atoms with Crippen LogP contribution in [0.15, 0.2) is 22.7 Å². The van der Waals surface area contributed by atoms with Crippen molar-refractivity contribution in [1.29, 1.82) is 0 Å². The summed E-state index contributed by atoms with van der Waals surface area (Å²) in [7, 11) is 1.09. The van der Waals surface area contributed by atoms with Gasteiger partial charge >= 0.3 is 5.97 Å². The van der Waals surface area contributed by atoms with E-state index in [4.69, 9.17) is 4.42 Å². The van der Waals surface area contributed by atoms with E-state index in [2.05, 4.69) is 15.0 Å². The van der Waals surface area contributed by atoms with E-state index in [0.717, 1.165) is 13.2 Å². The summed E-state index contributed by atoms with van der Waals surface area (Å²) in [6.45, 7) is 1.82. The summed E-state index contributed by atoms with van der Waals surface area (Å²) in [5.74, 6) is -2.38. The van der Waals surface area contributed by atoms with Crippen molar-refractivity contribution < 1.29 is 22.7 Å². The molecule has 0 aliphatic heterocycles. The molecule has 0 amide bonds. The lowest BCUT2D eigenvalue weighted by molar-refractivity contribution is 0.0594. The zero-order valence-electron chi connectivity index (χ0n) is 10.9. The molecule has 5 nitrogen and oxygen atoms in total. The van der Waals surface area contributed by atoms with Crippen molar-refractivity contribution in [3.63, 3.8) is 0 Å². The van der Waals surface area contributed by atoms with Crippen LogP contribution in [-0.4, -0.2) is 18.1 Å². The Morgan fingerprint density at radius 3 is 2.75 bits per heavy atom. The molecule has 0 aliphatic carbocycles. The van der Waals surface area contributed by atoms with Gasteiger partial charge in [0.25, 0.3) is 0 Å². The summed E-state index contributed by atoms with van der Waals surface area (Å²) in [4.78, 5) is 15.1. The van der Waals surface area contributed by atoms with Crippen molar-refractivity contribution in [3.05, 3.63) is 47.2 Å². The highest BCUT2D eigenvalue weighted by Gasteiger charge is 2.19. The number of rotatable bonds is 4. The second kappa shape index (κ2) is 5.68. The molecule has 0 aliphatic rings. The molecule has 0 bridgehead atoms. The predicted octanol–water partition coefficient (Wildman–Crippen LogP) is 2.66. The smallest absolute Gasteiger partial charge is 0.340 e. The van der Waals surface area contributed by atoms with E-state index >= 15 is 0 Å². The first-order valence-electron chi connectivity index (χ1n) is 5.74. The zero-order chi connectivity index (χ0) is 14.7. The SMILES string of the molecule is COC(=O)c1ccc(NCc2ncc(C)o2)c(F)c1F. The van der Waals surface area contributed by atoms with Crippen LogP contribution < -0.4 is 5.32 Å². The molecule has 1 heterocycles. The van der Waals surface area contributed by atoms with Gasteiger partial charge in [0.15, 0.2) is 11.6 Å². The minimum atomic E-state index is -1.26. The number of aromatic nitrogens is 1. The van der Waals surface area contributed by atoms with Gasteiger partial charge < -0.3 is 14.5 Å². The summed E-state index contributed by atoms with van der Waals surface area (Å²) in [5.41, 5.74) is -0.548. The number of anilines is 1. The van der Waals surface area contributed by atoms with Crippen LogP contribution >= 0.6 is 0 Å². The lowest BCUT2D eigenvalue weighted by Gasteiger charge is -2.08.